The molecule has 0 aliphatic carbocycles. The monoisotopic (exact) mass is 336 g/mol. The molecule has 120 valence electrons. The van der Waals surface area contributed by atoms with Crippen molar-refractivity contribution >= 4 is 17.4 Å². The van der Waals surface area contributed by atoms with E-state index in [9.17, 15) is 4.21 Å². The highest BCUT2D eigenvalue weighted by Gasteiger charge is 2.15. The molecule has 0 aromatic heterocycles. The second kappa shape index (κ2) is 8.22. The van der Waals surface area contributed by atoms with Crippen molar-refractivity contribution in [2.24, 2.45) is 0 Å². The van der Waals surface area contributed by atoms with E-state index in [2.05, 4.69) is 5.32 Å². The molecule has 3 rings (SSSR count). The summed E-state index contributed by atoms with van der Waals surface area (Å²) in [5, 5.41) is 3.33. The van der Waals surface area contributed by atoms with Crippen LogP contribution in [0.25, 0.3) is 0 Å². The molecule has 0 spiro atoms. The van der Waals surface area contributed by atoms with E-state index in [-0.39, 0.29) is 0 Å². The van der Waals surface area contributed by atoms with Crippen LogP contribution < -0.4 is 10.1 Å². The molecular formula is C20H18NO2S+. The fourth-order valence-electron chi connectivity index (χ4n) is 2.36. The molecule has 0 saturated heterocycles. The molecule has 0 aliphatic rings. The summed E-state index contributed by atoms with van der Waals surface area (Å²) in [4.78, 5) is 0.713. The molecule has 0 amide bonds. The van der Waals surface area contributed by atoms with Crippen molar-refractivity contribution in [3.63, 3.8) is 0 Å². The Morgan fingerprint density at radius 3 is 2.29 bits per heavy atom. The van der Waals surface area contributed by atoms with Crippen molar-refractivity contribution in [3.05, 3.63) is 90.0 Å². The Morgan fingerprint density at radius 1 is 0.875 bits per heavy atom. The zero-order valence-corrected chi connectivity index (χ0v) is 14.0. The number of hydrogen-bond donors (Lipinski definition) is 1. The van der Waals surface area contributed by atoms with Crippen LogP contribution in [0.5, 0.6) is 5.75 Å². The molecule has 3 aromatic carbocycles. The van der Waals surface area contributed by atoms with E-state index in [0.29, 0.717) is 29.7 Å². The maximum atomic E-state index is 11.3. The number of rotatable bonds is 7. The summed E-state index contributed by atoms with van der Waals surface area (Å²) >= 11 is 0.508. The van der Waals surface area contributed by atoms with Crippen molar-refractivity contribution in [2.45, 2.75) is 18.0 Å². The lowest BCUT2D eigenvalue weighted by Crippen LogP contribution is -2.02. The van der Waals surface area contributed by atoms with Gasteiger partial charge in [0, 0.05) is 28.1 Å². The fourth-order valence-corrected chi connectivity index (χ4v) is 2.72. The lowest BCUT2D eigenvalue weighted by atomic mass is 10.2. The Hall–Kier alpha value is -2.72. The number of nitrogens with one attached hydrogen (secondary N) is 1. The lowest BCUT2D eigenvalue weighted by molar-refractivity contribution is 0.305. The molecule has 1 N–H and O–H groups in total. The molecule has 3 aromatic rings. The van der Waals surface area contributed by atoms with Crippen molar-refractivity contribution in [1.82, 2.24) is 0 Å². The maximum absolute atomic E-state index is 11.3. The lowest BCUT2D eigenvalue weighted by Gasteiger charge is -2.09. The van der Waals surface area contributed by atoms with Gasteiger partial charge in [0.05, 0.1) is 0 Å². The van der Waals surface area contributed by atoms with Crippen molar-refractivity contribution < 1.29 is 8.95 Å². The number of anilines is 1. The first-order valence-electron chi connectivity index (χ1n) is 7.73. The number of benzene rings is 3. The van der Waals surface area contributed by atoms with Gasteiger partial charge < -0.3 is 10.1 Å². The van der Waals surface area contributed by atoms with Crippen LogP contribution in [0.1, 0.15) is 11.1 Å². The Morgan fingerprint density at radius 2 is 1.58 bits per heavy atom. The Labute approximate surface area is 145 Å². The van der Waals surface area contributed by atoms with E-state index in [1.807, 2.05) is 78.9 Å². The van der Waals surface area contributed by atoms with Crippen LogP contribution in [0.2, 0.25) is 0 Å². The van der Waals surface area contributed by atoms with Gasteiger partial charge in [0.1, 0.15) is 12.4 Å². The van der Waals surface area contributed by atoms with Gasteiger partial charge in [-0.2, -0.15) is 0 Å². The highest BCUT2D eigenvalue weighted by atomic mass is 32.1. The fraction of sp³-hybridized carbons (Fsp3) is 0.100. The molecule has 0 atom stereocenters. The predicted molar refractivity (Wildman–Crippen MR) is 97.3 cm³/mol. The van der Waals surface area contributed by atoms with Gasteiger partial charge >= 0.3 is 11.7 Å². The SMILES string of the molecule is O=[S+]c1ccc(OCc2ccccc2)cc1CNc1ccccc1. The van der Waals surface area contributed by atoms with Crippen LogP contribution in [0.3, 0.4) is 0 Å². The number of hydrogen-bond acceptors (Lipinski definition) is 3. The topological polar surface area (TPSA) is 38.3 Å². The highest BCUT2D eigenvalue weighted by molar-refractivity contribution is 7.65. The van der Waals surface area contributed by atoms with Gasteiger partial charge in [-0.3, -0.25) is 0 Å². The molecule has 4 heteroatoms. The van der Waals surface area contributed by atoms with Gasteiger partial charge in [0.2, 0.25) is 0 Å². The van der Waals surface area contributed by atoms with Crippen molar-refractivity contribution in [2.75, 3.05) is 5.32 Å². The minimum atomic E-state index is 0.508. The molecule has 0 fully saturated rings. The molecular weight excluding hydrogens is 318 g/mol. The van der Waals surface area contributed by atoms with Gasteiger partial charge in [0.25, 0.3) is 4.90 Å². The van der Waals surface area contributed by atoms with E-state index in [1.54, 1.807) is 0 Å². The number of para-hydroxylation sites is 1. The molecule has 0 saturated carbocycles. The summed E-state index contributed by atoms with van der Waals surface area (Å²) in [6, 6.07) is 25.5. The predicted octanol–water partition coefficient (Wildman–Crippen LogP) is 4.66. The summed E-state index contributed by atoms with van der Waals surface area (Å²) in [6.45, 7) is 1.09. The Kier molecular flexibility index (Phi) is 5.53. The maximum Gasteiger partial charge on any atom is 0.505 e. The first kappa shape index (κ1) is 16.1. The first-order chi connectivity index (χ1) is 11.8. The van der Waals surface area contributed by atoms with Gasteiger partial charge in [-0.05, 0) is 29.8 Å². The third-order valence-corrected chi connectivity index (χ3v) is 4.20. The summed E-state index contributed by atoms with van der Waals surface area (Å²) in [6.07, 6.45) is 0. The van der Waals surface area contributed by atoms with Crippen LogP contribution >= 0.6 is 0 Å². The normalized spacial score (nSPS) is 10.2. The van der Waals surface area contributed by atoms with E-state index < -0.39 is 0 Å². The molecule has 24 heavy (non-hydrogen) atoms. The van der Waals surface area contributed by atoms with Gasteiger partial charge in [-0.15, -0.1) is 0 Å². The average molecular weight is 336 g/mol. The Balaban J connectivity index is 1.69. The third-order valence-electron chi connectivity index (χ3n) is 3.63. The van der Waals surface area contributed by atoms with Crippen LogP contribution in [0, 0.1) is 0 Å². The van der Waals surface area contributed by atoms with E-state index in [0.717, 1.165) is 22.6 Å². The Bertz CT molecular complexity index is 791. The first-order valence-corrected chi connectivity index (χ1v) is 8.48. The smallest absolute Gasteiger partial charge is 0.489 e. The quantitative estimate of drug-likeness (QED) is 0.638. The average Bonchev–Trinajstić information content (AvgIpc) is 2.66. The molecule has 0 heterocycles. The summed E-state index contributed by atoms with van der Waals surface area (Å²) in [7, 11) is 0. The van der Waals surface area contributed by atoms with Crippen molar-refractivity contribution in [3.8, 4) is 5.75 Å². The molecule has 0 bridgehead atoms. The van der Waals surface area contributed by atoms with Gasteiger partial charge in [-0.1, -0.05) is 48.5 Å². The van der Waals surface area contributed by atoms with E-state index in [4.69, 9.17) is 4.74 Å². The standard InChI is InChI=1S/C20H18NO2S/c22-24-20-12-11-19(23-15-16-7-3-1-4-8-16)13-17(20)14-21-18-9-5-2-6-10-18/h1-13,21H,14-15H2/q+1. The largest absolute Gasteiger partial charge is 0.505 e. The van der Waals surface area contributed by atoms with E-state index >= 15 is 0 Å². The van der Waals surface area contributed by atoms with Crippen LogP contribution in [-0.4, -0.2) is 0 Å². The van der Waals surface area contributed by atoms with Gasteiger partial charge in [0.15, 0.2) is 0 Å². The zero-order chi connectivity index (χ0) is 16.6. The van der Waals surface area contributed by atoms with E-state index in [1.165, 1.54) is 0 Å². The minimum Gasteiger partial charge on any atom is -0.489 e. The van der Waals surface area contributed by atoms with Gasteiger partial charge in [-0.25, -0.2) is 0 Å². The molecule has 0 unspecified atom stereocenters. The number of ether oxygens (including phenoxy) is 1. The van der Waals surface area contributed by atoms with Crippen LogP contribution in [0.4, 0.5) is 5.69 Å². The molecule has 3 nitrogen and oxygen atoms in total. The van der Waals surface area contributed by atoms with Crippen molar-refractivity contribution in [1.29, 1.82) is 0 Å². The zero-order valence-electron chi connectivity index (χ0n) is 13.1. The molecule has 0 aliphatic heterocycles. The van der Waals surface area contributed by atoms with Crippen LogP contribution in [-0.2, 0) is 29.0 Å². The second-order valence-electron chi connectivity index (χ2n) is 5.35. The second-order valence-corrected chi connectivity index (χ2v) is 5.95. The molecule has 0 radical (unpaired) electrons. The van der Waals surface area contributed by atoms with Crippen LogP contribution in [0.15, 0.2) is 83.8 Å². The summed E-state index contributed by atoms with van der Waals surface area (Å²) < 4.78 is 17.1. The third kappa shape index (κ3) is 4.40. The minimum absolute atomic E-state index is 0.508. The summed E-state index contributed by atoms with van der Waals surface area (Å²) in [5.41, 5.74) is 3.07. The summed E-state index contributed by atoms with van der Waals surface area (Å²) in [5.74, 6) is 0.765. The highest BCUT2D eigenvalue weighted by Crippen LogP contribution is 2.21.